The first-order chi connectivity index (χ1) is 6.40. The quantitative estimate of drug-likeness (QED) is 0.720. The summed E-state index contributed by atoms with van der Waals surface area (Å²) in [4.78, 5) is 0. The van der Waals surface area contributed by atoms with E-state index >= 15 is 0 Å². The van der Waals surface area contributed by atoms with Gasteiger partial charge in [0, 0.05) is 12.1 Å². The summed E-state index contributed by atoms with van der Waals surface area (Å²) in [5.41, 5.74) is 10.9. The zero-order valence-corrected chi connectivity index (χ0v) is 10.7. The third-order valence-electron chi connectivity index (χ3n) is 2.08. The molecule has 0 saturated carbocycles. The molecule has 0 saturated heterocycles. The summed E-state index contributed by atoms with van der Waals surface area (Å²) in [6, 6.07) is 0.777. The van der Waals surface area contributed by atoms with Gasteiger partial charge < -0.3 is 11.5 Å². The van der Waals surface area contributed by atoms with Crippen LogP contribution in [-0.2, 0) is 0 Å². The van der Waals surface area contributed by atoms with Crippen molar-refractivity contribution in [2.24, 2.45) is 17.4 Å². The lowest BCUT2D eigenvalue weighted by molar-refractivity contribution is 0.511. The molecule has 0 amide bonds. The third kappa shape index (κ3) is 22.7. The molecule has 0 aromatic carbocycles. The minimum Gasteiger partial charge on any atom is -0.328 e. The number of nitrogens with two attached hydrogens (primary N) is 2. The Hall–Kier alpha value is -0.0800. The second-order valence-electron chi connectivity index (χ2n) is 4.69. The lowest BCUT2D eigenvalue weighted by Crippen LogP contribution is -2.14. The maximum Gasteiger partial charge on any atom is 0.00104 e. The molecule has 0 fully saturated rings. The number of hydrogen-bond donors (Lipinski definition) is 2. The first-order valence-electron chi connectivity index (χ1n) is 5.91. The second kappa shape index (κ2) is 11.0. The van der Waals surface area contributed by atoms with Gasteiger partial charge in [-0.1, -0.05) is 33.6 Å². The van der Waals surface area contributed by atoms with Crippen molar-refractivity contribution < 1.29 is 0 Å². The fraction of sp³-hybridized carbons (Fsp3) is 1.00. The molecular formula is C12H30N2. The zero-order chi connectivity index (χ0) is 11.6. The van der Waals surface area contributed by atoms with Crippen LogP contribution >= 0.6 is 0 Å². The minimum absolute atomic E-state index is 0.384. The van der Waals surface area contributed by atoms with Gasteiger partial charge in [0.25, 0.3) is 0 Å². The van der Waals surface area contributed by atoms with Crippen LogP contribution < -0.4 is 11.5 Å². The van der Waals surface area contributed by atoms with Crippen LogP contribution in [0, 0.1) is 5.92 Å². The highest BCUT2D eigenvalue weighted by Gasteiger charge is 1.95. The largest absolute Gasteiger partial charge is 0.328 e. The van der Waals surface area contributed by atoms with Crippen molar-refractivity contribution in [1.82, 2.24) is 0 Å². The van der Waals surface area contributed by atoms with E-state index in [9.17, 15) is 0 Å². The van der Waals surface area contributed by atoms with Crippen molar-refractivity contribution in [3.63, 3.8) is 0 Å². The van der Waals surface area contributed by atoms with Gasteiger partial charge in [-0.2, -0.15) is 0 Å². The Morgan fingerprint density at radius 2 is 1.29 bits per heavy atom. The SMILES string of the molecule is CC(C)CCCC(C)N.CCC(C)N. The molecule has 0 spiro atoms. The summed E-state index contributed by atoms with van der Waals surface area (Å²) in [6.45, 7) is 10.6. The summed E-state index contributed by atoms with van der Waals surface area (Å²) in [7, 11) is 0. The van der Waals surface area contributed by atoms with E-state index in [1.165, 1.54) is 19.3 Å². The second-order valence-corrected chi connectivity index (χ2v) is 4.69. The third-order valence-corrected chi connectivity index (χ3v) is 2.08. The zero-order valence-electron chi connectivity index (χ0n) is 10.7. The van der Waals surface area contributed by atoms with Crippen LogP contribution in [-0.4, -0.2) is 12.1 Å². The molecule has 2 heteroatoms. The highest BCUT2D eigenvalue weighted by atomic mass is 14.6. The van der Waals surface area contributed by atoms with Gasteiger partial charge >= 0.3 is 0 Å². The van der Waals surface area contributed by atoms with Gasteiger partial charge in [0.15, 0.2) is 0 Å². The lowest BCUT2D eigenvalue weighted by Gasteiger charge is -2.05. The van der Waals surface area contributed by atoms with Gasteiger partial charge in [0.1, 0.15) is 0 Å². The lowest BCUT2D eigenvalue weighted by atomic mass is 10.0. The van der Waals surface area contributed by atoms with E-state index in [0.29, 0.717) is 12.1 Å². The van der Waals surface area contributed by atoms with Crippen molar-refractivity contribution in [3.05, 3.63) is 0 Å². The average molecular weight is 202 g/mol. The summed E-state index contributed by atoms with van der Waals surface area (Å²) in [6.07, 6.45) is 4.87. The van der Waals surface area contributed by atoms with E-state index in [2.05, 4.69) is 27.7 Å². The summed E-state index contributed by atoms with van der Waals surface area (Å²) >= 11 is 0. The average Bonchev–Trinajstić information content (AvgIpc) is 2.04. The van der Waals surface area contributed by atoms with Crippen LogP contribution in [0.1, 0.15) is 60.3 Å². The molecule has 14 heavy (non-hydrogen) atoms. The van der Waals surface area contributed by atoms with Gasteiger partial charge in [-0.3, -0.25) is 0 Å². The van der Waals surface area contributed by atoms with Gasteiger partial charge in [-0.15, -0.1) is 0 Å². The van der Waals surface area contributed by atoms with Crippen molar-refractivity contribution in [1.29, 1.82) is 0 Å². The van der Waals surface area contributed by atoms with E-state index in [1.807, 2.05) is 6.92 Å². The van der Waals surface area contributed by atoms with Gasteiger partial charge in [0.2, 0.25) is 0 Å². The van der Waals surface area contributed by atoms with Crippen molar-refractivity contribution in [3.8, 4) is 0 Å². The molecular weight excluding hydrogens is 172 g/mol. The predicted octanol–water partition coefficient (Wildman–Crippen LogP) is 2.90. The van der Waals surface area contributed by atoms with Gasteiger partial charge in [-0.25, -0.2) is 0 Å². The number of rotatable bonds is 5. The predicted molar refractivity (Wildman–Crippen MR) is 66.3 cm³/mol. The maximum atomic E-state index is 5.58. The molecule has 2 unspecified atom stereocenters. The summed E-state index contributed by atoms with van der Waals surface area (Å²) in [5, 5.41) is 0. The van der Waals surface area contributed by atoms with Crippen LogP contribution in [0.3, 0.4) is 0 Å². The van der Waals surface area contributed by atoms with E-state index in [1.54, 1.807) is 0 Å². The smallest absolute Gasteiger partial charge is 0.00104 e. The molecule has 0 aromatic rings. The van der Waals surface area contributed by atoms with Crippen molar-refractivity contribution in [2.75, 3.05) is 0 Å². The molecule has 0 aliphatic heterocycles. The van der Waals surface area contributed by atoms with Crippen LogP contribution in [0.4, 0.5) is 0 Å². The van der Waals surface area contributed by atoms with Crippen LogP contribution in [0.2, 0.25) is 0 Å². The topological polar surface area (TPSA) is 52.0 Å². The van der Waals surface area contributed by atoms with E-state index in [-0.39, 0.29) is 0 Å². The monoisotopic (exact) mass is 202 g/mol. The highest BCUT2D eigenvalue weighted by Crippen LogP contribution is 2.06. The molecule has 0 heterocycles. The molecule has 0 aliphatic rings. The molecule has 88 valence electrons. The molecule has 0 radical (unpaired) electrons. The normalized spacial score (nSPS) is 14.6. The maximum absolute atomic E-state index is 5.58. The molecule has 0 aliphatic carbocycles. The first kappa shape index (κ1) is 16.4. The Kier molecular flexibility index (Phi) is 12.8. The van der Waals surface area contributed by atoms with E-state index in [0.717, 1.165) is 12.3 Å². The fourth-order valence-corrected chi connectivity index (χ4v) is 0.848. The van der Waals surface area contributed by atoms with E-state index < -0.39 is 0 Å². The van der Waals surface area contributed by atoms with Gasteiger partial charge in [-0.05, 0) is 32.6 Å². The number of hydrogen-bond acceptors (Lipinski definition) is 2. The minimum atomic E-state index is 0.384. The Morgan fingerprint density at radius 1 is 0.857 bits per heavy atom. The Balaban J connectivity index is 0. The molecule has 0 bridgehead atoms. The standard InChI is InChI=1S/C8H19N.C4H11N/c1-7(2)5-4-6-8(3)9;1-3-4(2)5/h7-8H,4-6,9H2,1-3H3;4H,3,5H2,1-2H3. The molecule has 4 N–H and O–H groups in total. The molecule has 0 aromatic heterocycles. The van der Waals surface area contributed by atoms with Crippen molar-refractivity contribution in [2.45, 2.75) is 72.4 Å². The first-order valence-corrected chi connectivity index (χ1v) is 5.91. The Morgan fingerprint density at radius 3 is 1.50 bits per heavy atom. The van der Waals surface area contributed by atoms with Crippen LogP contribution in [0.5, 0.6) is 0 Å². The molecule has 2 nitrogen and oxygen atoms in total. The highest BCUT2D eigenvalue weighted by molar-refractivity contribution is 4.54. The molecule has 2 atom stereocenters. The van der Waals surface area contributed by atoms with E-state index in [4.69, 9.17) is 11.5 Å². The summed E-state index contributed by atoms with van der Waals surface area (Å²) in [5.74, 6) is 0.837. The Bertz CT molecular complexity index is 90.5. The van der Waals surface area contributed by atoms with Crippen LogP contribution in [0.15, 0.2) is 0 Å². The fourth-order valence-electron chi connectivity index (χ4n) is 0.848. The van der Waals surface area contributed by atoms with Crippen LogP contribution in [0.25, 0.3) is 0 Å². The van der Waals surface area contributed by atoms with Gasteiger partial charge in [0.05, 0.1) is 0 Å². The molecule has 0 rings (SSSR count). The summed E-state index contributed by atoms with van der Waals surface area (Å²) < 4.78 is 0. The Labute approximate surface area is 90.4 Å². The van der Waals surface area contributed by atoms with Crippen molar-refractivity contribution >= 4 is 0 Å².